The summed E-state index contributed by atoms with van der Waals surface area (Å²) in [5.41, 5.74) is 0.705. The van der Waals surface area contributed by atoms with E-state index < -0.39 is 6.23 Å². The van der Waals surface area contributed by atoms with Crippen LogP contribution in [0.25, 0.3) is 10.1 Å². The number of nitrogens with one attached hydrogen (secondary N) is 2. The molecule has 2 aromatic heterocycles. The van der Waals surface area contributed by atoms with Gasteiger partial charge in [-0.15, -0.1) is 11.3 Å². The lowest BCUT2D eigenvalue weighted by atomic mass is 10.2. The topological polar surface area (TPSA) is 86.7 Å². The summed E-state index contributed by atoms with van der Waals surface area (Å²) in [6.07, 6.45) is 1.38. The maximum absolute atomic E-state index is 11.8. The van der Waals surface area contributed by atoms with Crippen molar-refractivity contribution in [1.29, 1.82) is 0 Å². The molecule has 1 aliphatic heterocycles. The lowest BCUT2D eigenvalue weighted by molar-refractivity contribution is 0.115. The Balaban J connectivity index is 1.34. The van der Waals surface area contributed by atoms with Crippen LogP contribution in [0.4, 0.5) is 16.3 Å². The van der Waals surface area contributed by atoms with Gasteiger partial charge in [-0.1, -0.05) is 17.7 Å². The molecule has 1 aromatic carbocycles. The van der Waals surface area contributed by atoms with Crippen LogP contribution in [0.3, 0.4) is 0 Å². The third kappa shape index (κ3) is 4.61. The lowest BCUT2D eigenvalue weighted by Crippen LogP contribution is -2.32. The van der Waals surface area contributed by atoms with Crippen LogP contribution < -0.4 is 10.6 Å². The molecule has 1 amide bonds. The Kier molecular flexibility index (Phi) is 6.26. The summed E-state index contributed by atoms with van der Waals surface area (Å²) in [5.74, 6) is 0.722. The third-order valence-corrected chi connectivity index (χ3v) is 6.41. The predicted octanol–water partition coefficient (Wildman–Crippen LogP) is 4.70. The minimum absolute atomic E-state index is 0.134. The number of aromatic nitrogens is 1. The van der Waals surface area contributed by atoms with Gasteiger partial charge in [0.05, 0.1) is 23.4 Å². The van der Waals surface area contributed by atoms with Crippen LogP contribution in [0.1, 0.15) is 24.4 Å². The van der Waals surface area contributed by atoms with E-state index in [9.17, 15) is 9.90 Å². The number of carbonyl (C=O) groups is 1. The third-order valence-electron chi connectivity index (χ3n) is 4.93. The second-order valence-corrected chi connectivity index (χ2v) is 8.58. The fourth-order valence-electron chi connectivity index (χ4n) is 3.44. The van der Waals surface area contributed by atoms with E-state index in [4.69, 9.17) is 16.3 Å². The minimum Gasteiger partial charge on any atom is -0.450 e. The van der Waals surface area contributed by atoms with Crippen molar-refractivity contribution in [2.45, 2.75) is 25.6 Å². The monoisotopic (exact) mass is 446 g/mol. The van der Waals surface area contributed by atoms with Gasteiger partial charge in [0.25, 0.3) is 0 Å². The molecule has 30 heavy (non-hydrogen) atoms. The van der Waals surface area contributed by atoms with Crippen LogP contribution in [0, 0.1) is 0 Å². The van der Waals surface area contributed by atoms with Gasteiger partial charge >= 0.3 is 6.09 Å². The smallest absolute Gasteiger partial charge is 0.409 e. The first-order chi connectivity index (χ1) is 14.5. The minimum atomic E-state index is -0.855. The molecular weight excluding hydrogens is 424 g/mol. The SMILES string of the molecule is CCOC(=O)N1CC[C@H](Nc2ccc(NC(O)c3cc4c(Cl)cccc4s3)cn2)C1. The number of likely N-dealkylation sites (tertiary alicyclic amines) is 1. The number of aliphatic hydroxyl groups excluding tert-OH is 1. The summed E-state index contributed by atoms with van der Waals surface area (Å²) < 4.78 is 6.08. The van der Waals surface area contributed by atoms with Crippen LogP contribution in [-0.4, -0.2) is 46.8 Å². The number of hydrogen-bond acceptors (Lipinski definition) is 7. The van der Waals surface area contributed by atoms with Crippen LogP contribution in [0.5, 0.6) is 0 Å². The Hall–Kier alpha value is -2.55. The quantitative estimate of drug-likeness (QED) is 0.476. The summed E-state index contributed by atoms with van der Waals surface area (Å²) in [6.45, 7) is 3.44. The van der Waals surface area contributed by atoms with Crippen LogP contribution >= 0.6 is 22.9 Å². The average Bonchev–Trinajstić information content (AvgIpc) is 3.38. The Morgan fingerprint density at radius 3 is 3.03 bits per heavy atom. The van der Waals surface area contributed by atoms with Gasteiger partial charge in [0, 0.05) is 34.2 Å². The van der Waals surface area contributed by atoms with E-state index in [1.54, 1.807) is 18.0 Å². The Bertz CT molecular complexity index is 1030. The fourth-order valence-corrected chi connectivity index (χ4v) is 4.75. The van der Waals surface area contributed by atoms with Gasteiger partial charge < -0.3 is 25.4 Å². The second kappa shape index (κ2) is 9.07. The summed E-state index contributed by atoms with van der Waals surface area (Å²) in [7, 11) is 0. The number of carbonyl (C=O) groups excluding carboxylic acids is 1. The zero-order valence-electron chi connectivity index (χ0n) is 16.5. The molecule has 3 heterocycles. The van der Waals surface area contributed by atoms with Crippen molar-refractivity contribution in [3.8, 4) is 0 Å². The molecule has 1 fully saturated rings. The van der Waals surface area contributed by atoms with Crippen LogP contribution in [0.15, 0.2) is 42.6 Å². The first-order valence-electron chi connectivity index (χ1n) is 9.80. The zero-order chi connectivity index (χ0) is 21.1. The van der Waals surface area contributed by atoms with Gasteiger partial charge in [-0.25, -0.2) is 9.78 Å². The number of nitrogens with zero attached hydrogens (tertiary/aromatic N) is 2. The molecule has 1 saturated heterocycles. The van der Waals surface area contributed by atoms with Gasteiger partial charge in [-0.05, 0) is 43.7 Å². The Morgan fingerprint density at radius 2 is 2.30 bits per heavy atom. The summed E-state index contributed by atoms with van der Waals surface area (Å²) in [4.78, 5) is 18.7. The number of hydrogen-bond donors (Lipinski definition) is 3. The van der Waals surface area contributed by atoms with E-state index >= 15 is 0 Å². The largest absolute Gasteiger partial charge is 0.450 e. The van der Waals surface area contributed by atoms with Crippen molar-refractivity contribution in [3.63, 3.8) is 0 Å². The number of amides is 1. The summed E-state index contributed by atoms with van der Waals surface area (Å²) in [5, 5.41) is 18.6. The number of thiophene rings is 1. The van der Waals surface area contributed by atoms with Crippen molar-refractivity contribution in [1.82, 2.24) is 9.88 Å². The first kappa shape index (κ1) is 20.7. The molecule has 4 rings (SSSR count). The number of rotatable bonds is 6. The highest BCUT2D eigenvalue weighted by Crippen LogP contribution is 2.34. The van der Waals surface area contributed by atoms with Crippen LogP contribution in [-0.2, 0) is 4.74 Å². The molecule has 0 radical (unpaired) electrons. The maximum Gasteiger partial charge on any atom is 0.409 e. The summed E-state index contributed by atoms with van der Waals surface area (Å²) >= 11 is 7.72. The van der Waals surface area contributed by atoms with E-state index in [1.165, 1.54) is 11.3 Å². The Morgan fingerprint density at radius 1 is 1.43 bits per heavy atom. The molecule has 1 aliphatic rings. The van der Waals surface area contributed by atoms with Crippen molar-refractivity contribution < 1.29 is 14.6 Å². The lowest BCUT2D eigenvalue weighted by Gasteiger charge is -2.17. The highest BCUT2D eigenvalue weighted by molar-refractivity contribution is 7.19. The number of ether oxygens (including phenoxy) is 1. The molecule has 3 N–H and O–H groups in total. The van der Waals surface area contributed by atoms with E-state index in [-0.39, 0.29) is 12.1 Å². The van der Waals surface area contributed by atoms with Gasteiger partial charge in [0.1, 0.15) is 5.82 Å². The van der Waals surface area contributed by atoms with E-state index in [0.717, 1.165) is 27.2 Å². The number of aliphatic hydroxyl groups is 1. The van der Waals surface area contributed by atoms with E-state index in [2.05, 4.69) is 15.6 Å². The second-order valence-electron chi connectivity index (χ2n) is 7.05. The standard InChI is InChI=1S/C21H23ClN4O3S/c1-2-29-21(28)26-9-8-14(12-26)24-19-7-6-13(11-23-19)25-20(27)18-10-15-16(22)4-3-5-17(15)30-18/h3-7,10-11,14,20,25,27H,2,8-9,12H2,1H3,(H,23,24)/t14-,20?/m0/s1. The molecule has 158 valence electrons. The molecule has 0 saturated carbocycles. The summed E-state index contributed by atoms with van der Waals surface area (Å²) in [6, 6.07) is 11.5. The number of halogens is 1. The molecular formula is C21H23ClN4O3S. The number of benzene rings is 1. The average molecular weight is 447 g/mol. The van der Waals surface area contributed by atoms with Gasteiger partial charge in [0.2, 0.25) is 0 Å². The molecule has 0 aliphatic carbocycles. The van der Waals surface area contributed by atoms with E-state index in [0.29, 0.717) is 30.4 Å². The normalized spacial score (nSPS) is 17.2. The first-order valence-corrected chi connectivity index (χ1v) is 11.0. The highest BCUT2D eigenvalue weighted by Gasteiger charge is 2.27. The molecule has 7 nitrogen and oxygen atoms in total. The molecule has 0 bridgehead atoms. The maximum atomic E-state index is 11.8. The highest BCUT2D eigenvalue weighted by atomic mass is 35.5. The van der Waals surface area contributed by atoms with Crippen molar-refractivity contribution in [3.05, 3.63) is 52.5 Å². The van der Waals surface area contributed by atoms with Crippen molar-refractivity contribution >= 4 is 50.6 Å². The Labute approximate surface area is 183 Å². The number of pyridine rings is 1. The molecule has 2 atom stereocenters. The molecule has 0 spiro atoms. The fraction of sp³-hybridized carbons (Fsp3) is 0.333. The zero-order valence-corrected chi connectivity index (χ0v) is 18.0. The number of fused-ring (bicyclic) bond motifs is 1. The predicted molar refractivity (Wildman–Crippen MR) is 120 cm³/mol. The van der Waals surface area contributed by atoms with Gasteiger partial charge in [0.15, 0.2) is 6.23 Å². The van der Waals surface area contributed by atoms with Gasteiger partial charge in [-0.2, -0.15) is 0 Å². The van der Waals surface area contributed by atoms with Crippen LogP contribution in [0.2, 0.25) is 5.02 Å². The van der Waals surface area contributed by atoms with Crippen molar-refractivity contribution in [2.24, 2.45) is 0 Å². The molecule has 9 heteroatoms. The van der Waals surface area contributed by atoms with E-state index in [1.807, 2.05) is 36.4 Å². The molecule has 3 aromatic rings. The van der Waals surface area contributed by atoms with Crippen molar-refractivity contribution in [2.75, 3.05) is 30.3 Å². The molecule has 1 unspecified atom stereocenters. The number of anilines is 2. The van der Waals surface area contributed by atoms with Gasteiger partial charge in [-0.3, -0.25) is 0 Å².